The fraction of sp³-hybridized carbons (Fsp3) is 0.400. The average Bonchev–Trinajstić information content (AvgIpc) is 2.87. The molecule has 0 radical (unpaired) electrons. The van der Waals surface area contributed by atoms with E-state index in [1.54, 1.807) is 6.07 Å². The van der Waals surface area contributed by atoms with Crippen LogP contribution in [0.3, 0.4) is 0 Å². The summed E-state index contributed by atoms with van der Waals surface area (Å²) < 4.78 is 28.6. The van der Waals surface area contributed by atoms with Crippen molar-refractivity contribution in [2.75, 3.05) is 0 Å². The zero-order valence-corrected chi connectivity index (χ0v) is 8.60. The Labute approximate surface area is 91.0 Å². The number of hydrogen-bond acceptors (Lipinski definition) is 2. The number of alkyl halides is 2. The molecule has 0 unspecified atom stereocenters. The predicted octanol–water partition coefficient (Wildman–Crippen LogP) is 2.89. The fourth-order valence-electron chi connectivity index (χ4n) is 1.49. The largest absolute Gasteiger partial charge is 0.434 e. The molecule has 0 aromatic heterocycles. The number of nitrogens with two attached hydrogens (primary N) is 1. The van der Waals surface area contributed by atoms with Crippen molar-refractivity contribution in [2.24, 2.45) is 5.73 Å². The summed E-state index contributed by atoms with van der Waals surface area (Å²) in [7, 11) is 0. The SMILES string of the molecule is NC1(c2cc(Cl)ccc2OC(F)F)CC1. The first-order valence-corrected chi connectivity index (χ1v) is 4.93. The summed E-state index contributed by atoms with van der Waals surface area (Å²) in [6.45, 7) is -2.84. The Bertz CT molecular complexity index is 380. The maximum atomic E-state index is 12.1. The molecule has 82 valence electrons. The predicted molar refractivity (Wildman–Crippen MR) is 53.2 cm³/mol. The maximum Gasteiger partial charge on any atom is 0.387 e. The summed E-state index contributed by atoms with van der Waals surface area (Å²) in [5.74, 6) is 0.120. The second-order valence-electron chi connectivity index (χ2n) is 3.68. The minimum atomic E-state index is -2.84. The van der Waals surface area contributed by atoms with Crippen LogP contribution in [0.2, 0.25) is 5.02 Å². The van der Waals surface area contributed by atoms with E-state index in [9.17, 15) is 8.78 Å². The number of halogens is 3. The van der Waals surface area contributed by atoms with Gasteiger partial charge in [0.25, 0.3) is 0 Å². The van der Waals surface area contributed by atoms with Gasteiger partial charge in [-0.05, 0) is 31.0 Å². The number of rotatable bonds is 3. The van der Waals surface area contributed by atoms with E-state index in [1.165, 1.54) is 12.1 Å². The molecule has 1 aliphatic carbocycles. The highest BCUT2D eigenvalue weighted by atomic mass is 35.5. The molecule has 0 spiro atoms. The average molecular weight is 234 g/mol. The Morgan fingerprint density at radius 2 is 2.07 bits per heavy atom. The van der Waals surface area contributed by atoms with E-state index in [2.05, 4.69) is 4.74 Å². The molecule has 0 atom stereocenters. The third kappa shape index (κ3) is 2.21. The van der Waals surface area contributed by atoms with Crippen LogP contribution < -0.4 is 10.5 Å². The van der Waals surface area contributed by atoms with Crippen LogP contribution in [0, 0.1) is 0 Å². The van der Waals surface area contributed by atoms with Gasteiger partial charge in [-0.1, -0.05) is 11.6 Å². The third-order valence-electron chi connectivity index (χ3n) is 2.48. The second kappa shape index (κ2) is 3.61. The quantitative estimate of drug-likeness (QED) is 0.871. The first-order chi connectivity index (χ1) is 7.01. The van der Waals surface area contributed by atoms with E-state index in [-0.39, 0.29) is 5.75 Å². The van der Waals surface area contributed by atoms with Gasteiger partial charge in [-0.15, -0.1) is 0 Å². The van der Waals surface area contributed by atoms with Crippen LogP contribution in [-0.2, 0) is 5.54 Å². The van der Waals surface area contributed by atoms with Crippen molar-refractivity contribution in [3.05, 3.63) is 28.8 Å². The van der Waals surface area contributed by atoms with Crippen molar-refractivity contribution in [3.8, 4) is 5.75 Å². The summed E-state index contributed by atoms with van der Waals surface area (Å²) in [4.78, 5) is 0. The lowest BCUT2D eigenvalue weighted by Gasteiger charge is -2.15. The number of hydrogen-bond donors (Lipinski definition) is 1. The second-order valence-corrected chi connectivity index (χ2v) is 4.11. The molecule has 15 heavy (non-hydrogen) atoms. The summed E-state index contributed by atoms with van der Waals surface area (Å²) in [6.07, 6.45) is 1.54. The molecular weight excluding hydrogens is 224 g/mol. The van der Waals surface area contributed by atoms with Gasteiger partial charge in [0.15, 0.2) is 0 Å². The van der Waals surface area contributed by atoms with Crippen molar-refractivity contribution in [2.45, 2.75) is 25.0 Å². The van der Waals surface area contributed by atoms with Gasteiger partial charge >= 0.3 is 6.61 Å². The van der Waals surface area contributed by atoms with E-state index in [0.717, 1.165) is 12.8 Å². The number of ether oxygens (including phenoxy) is 1. The maximum absolute atomic E-state index is 12.1. The summed E-state index contributed by atoms with van der Waals surface area (Å²) in [6, 6.07) is 4.53. The Morgan fingerprint density at radius 3 is 2.60 bits per heavy atom. The van der Waals surface area contributed by atoms with Crippen LogP contribution in [0.25, 0.3) is 0 Å². The molecule has 0 heterocycles. The van der Waals surface area contributed by atoms with Crippen LogP contribution in [0.4, 0.5) is 8.78 Å². The smallest absolute Gasteiger partial charge is 0.387 e. The van der Waals surface area contributed by atoms with Crippen LogP contribution >= 0.6 is 11.6 Å². The zero-order chi connectivity index (χ0) is 11.1. The molecule has 1 aliphatic rings. The van der Waals surface area contributed by atoms with Gasteiger partial charge < -0.3 is 10.5 Å². The molecule has 2 rings (SSSR count). The van der Waals surface area contributed by atoms with Gasteiger partial charge in [-0.2, -0.15) is 8.78 Å². The van der Waals surface area contributed by atoms with Gasteiger partial charge in [0, 0.05) is 16.1 Å². The molecule has 5 heteroatoms. The standard InChI is InChI=1S/C10H10ClF2NO/c11-6-1-2-8(15-9(12)13)7(5-6)10(14)3-4-10/h1-2,5,9H,3-4,14H2. The van der Waals surface area contributed by atoms with E-state index in [1.807, 2.05) is 0 Å². The Kier molecular flexibility index (Phi) is 2.56. The van der Waals surface area contributed by atoms with Gasteiger partial charge in [0.2, 0.25) is 0 Å². The van der Waals surface area contributed by atoms with Crippen LogP contribution in [0.1, 0.15) is 18.4 Å². The van der Waals surface area contributed by atoms with Gasteiger partial charge in [0.05, 0.1) is 0 Å². The highest BCUT2D eigenvalue weighted by Crippen LogP contribution is 2.47. The molecule has 0 bridgehead atoms. The first kappa shape index (κ1) is 10.6. The summed E-state index contributed by atoms with van der Waals surface area (Å²) >= 11 is 5.79. The van der Waals surface area contributed by atoms with Gasteiger partial charge in [-0.3, -0.25) is 0 Å². The topological polar surface area (TPSA) is 35.2 Å². The van der Waals surface area contributed by atoms with E-state index >= 15 is 0 Å². The van der Waals surface area contributed by atoms with Crippen molar-refractivity contribution < 1.29 is 13.5 Å². The van der Waals surface area contributed by atoms with Crippen molar-refractivity contribution in [3.63, 3.8) is 0 Å². The summed E-state index contributed by atoms with van der Waals surface area (Å²) in [5.41, 5.74) is 5.96. The molecule has 2 N–H and O–H groups in total. The molecule has 0 amide bonds. The van der Waals surface area contributed by atoms with E-state index < -0.39 is 12.2 Å². The fourth-order valence-corrected chi connectivity index (χ4v) is 1.67. The lowest BCUT2D eigenvalue weighted by Crippen LogP contribution is -2.20. The van der Waals surface area contributed by atoms with Gasteiger partial charge in [-0.25, -0.2) is 0 Å². The van der Waals surface area contributed by atoms with Crippen molar-refractivity contribution in [1.29, 1.82) is 0 Å². The van der Waals surface area contributed by atoms with Gasteiger partial charge in [0.1, 0.15) is 5.75 Å². The number of benzene rings is 1. The third-order valence-corrected chi connectivity index (χ3v) is 2.72. The molecule has 0 aliphatic heterocycles. The zero-order valence-electron chi connectivity index (χ0n) is 7.84. The molecule has 1 aromatic rings. The molecule has 0 saturated heterocycles. The molecular formula is C10H10ClF2NO. The van der Waals surface area contributed by atoms with Crippen molar-refractivity contribution in [1.82, 2.24) is 0 Å². The van der Waals surface area contributed by atoms with Crippen LogP contribution in [0.5, 0.6) is 5.75 Å². The minimum Gasteiger partial charge on any atom is -0.434 e. The monoisotopic (exact) mass is 233 g/mol. The molecule has 1 saturated carbocycles. The highest BCUT2D eigenvalue weighted by molar-refractivity contribution is 6.30. The molecule has 1 fully saturated rings. The normalized spacial score (nSPS) is 17.9. The Morgan fingerprint density at radius 1 is 1.40 bits per heavy atom. The first-order valence-electron chi connectivity index (χ1n) is 4.55. The lowest BCUT2D eigenvalue weighted by molar-refractivity contribution is -0.0507. The van der Waals surface area contributed by atoms with E-state index in [0.29, 0.717) is 10.6 Å². The van der Waals surface area contributed by atoms with E-state index in [4.69, 9.17) is 17.3 Å². The summed E-state index contributed by atoms with van der Waals surface area (Å²) in [5, 5.41) is 0.475. The molecule has 2 nitrogen and oxygen atoms in total. The lowest BCUT2D eigenvalue weighted by atomic mass is 10.0. The van der Waals surface area contributed by atoms with Crippen LogP contribution in [-0.4, -0.2) is 6.61 Å². The molecule has 1 aromatic carbocycles. The Balaban J connectivity index is 2.36. The van der Waals surface area contributed by atoms with Crippen molar-refractivity contribution >= 4 is 11.6 Å². The Hall–Kier alpha value is -0.870. The highest BCUT2D eigenvalue weighted by Gasteiger charge is 2.42. The van der Waals surface area contributed by atoms with Crippen LogP contribution in [0.15, 0.2) is 18.2 Å². The minimum absolute atomic E-state index is 0.120.